The molecule has 0 atom stereocenters. The summed E-state index contributed by atoms with van der Waals surface area (Å²) in [5, 5.41) is 4.18. The summed E-state index contributed by atoms with van der Waals surface area (Å²) in [6, 6.07) is 5.98. The second kappa shape index (κ2) is 2.83. The summed E-state index contributed by atoms with van der Waals surface area (Å²) in [4.78, 5) is 0. The maximum Gasteiger partial charge on any atom is 0.148 e. The minimum atomic E-state index is 0.897. The first-order valence-corrected chi connectivity index (χ1v) is 4.45. The smallest absolute Gasteiger partial charge is 0.148 e. The van der Waals surface area contributed by atoms with E-state index in [1.54, 1.807) is 6.26 Å². The number of hydrogen-bond acceptors (Lipinski definition) is 2. The Labute approximate surface area is 78.7 Å². The van der Waals surface area contributed by atoms with E-state index >= 15 is 0 Å². The van der Waals surface area contributed by atoms with Crippen molar-refractivity contribution in [1.29, 1.82) is 0 Å². The summed E-state index contributed by atoms with van der Waals surface area (Å²) >= 11 is 3.43. The van der Waals surface area contributed by atoms with Crippen molar-refractivity contribution in [3.05, 3.63) is 28.9 Å². The molecular formula is C9H8BrNO. The van der Waals surface area contributed by atoms with Crippen LogP contribution in [0.3, 0.4) is 0 Å². The molecule has 0 spiro atoms. The van der Waals surface area contributed by atoms with Crippen molar-refractivity contribution in [3.63, 3.8) is 0 Å². The fourth-order valence-corrected chi connectivity index (χ4v) is 1.75. The van der Waals surface area contributed by atoms with Crippen LogP contribution in [0.5, 0.6) is 0 Å². The molecule has 0 radical (unpaired) electrons. The predicted octanol–water partition coefficient (Wildman–Crippen LogP) is 3.24. The van der Waals surface area contributed by atoms with Gasteiger partial charge in [0.15, 0.2) is 0 Å². The van der Waals surface area contributed by atoms with E-state index in [0.717, 1.165) is 21.1 Å². The van der Waals surface area contributed by atoms with Crippen LogP contribution in [0.15, 0.2) is 33.4 Å². The number of fused-ring (bicyclic) bond motifs is 1. The van der Waals surface area contributed by atoms with Gasteiger partial charge in [-0.25, -0.2) is 0 Å². The SMILES string of the molecule is CNc1cc(Br)c2occc2c1. The average Bonchev–Trinajstić information content (AvgIpc) is 2.52. The Morgan fingerprint density at radius 3 is 3.00 bits per heavy atom. The van der Waals surface area contributed by atoms with Gasteiger partial charge in [0.05, 0.1) is 10.7 Å². The standard InChI is InChI=1S/C9H8BrNO/c1-11-7-4-6-2-3-12-9(6)8(10)5-7/h2-5,11H,1H3. The van der Waals surface area contributed by atoms with Crippen LogP contribution in [-0.2, 0) is 0 Å². The lowest BCUT2D eigenvalue weighted by molar-refractivity contribution is 0.614. The van der Waals surface area contributed by atoms with Crippen molar-refractivity contribution in [3.8, 4) is 0 Å². The van der Waals surface area contributed by atoms with Crippen molar-refractivity contribution < 1.29 is 4.42 Å². The van der Waals surface area contributed by atoms with Crippen molar-refractivity contribution >= 4 is 32.6 Å². The quantitative estimate of drug-likeness (QED) is 0.807. The highest BCUT2D eigenvalue weighted by molar-refractivity contribution is 9.10. The van der Waals surface area contributed by atoms with Crippen molar-refractivity contribution in [2.45, 2.75) is 0 Å². The molecular weight excluding hydrogens is 218 g/mol. The highest BCUT2D eigenvalue weighted by atomic mass is 79.9. The van der Waals surface area contributed by atoms with Gasteiger partial charge in [0.25, 0.3) is 0 Å². The molecule has 2 nitrogen and oxygen atoms in total. The molecule has 2 aromatic rings. The van der Waals surface area contributed by atoms with E-state index < -0.39 is 0 Å². The normalized spacial score (nSPS) is 10.5. The van der Waals surface area contributed by atoms with E-state index in [0.29, 0.717) is 0 Å². The van der Waals surface area contributed by atoms with Crippen molar-refractivity contribution in [2.75, 3.05) is 12.4 Å². The van der Waals surface area contributed by atoms with Crippen LogP contribution in [-0.4, -0.2) is 7.05 Å². The zero-order chi connectivity index (χ0) is 8.55. The van der Waals surface area contributed by atoms with Gasteiger partial charge >= 0.3 is 0 Å². The maximum absolute atomic E-state index is 5.27. The van der Waals surface area contributed by atoms with Gasteiger partial charge in [0.1, 0.15) is 5.58 Å². The van der Waals surface area contributed by atoms with Gasteiger partial charge in [-0.3, -0.25) is 0 Å². The van der Waals surface area contributed by atoms with Gasteiger partial charge in [-0.15, -0.1) is 0 Å². The summed E-state index contributed by atoms with van der Waals surface area (Å²) in [5.74, 6) is 0. The molecule has 0 aliphatic heterocycles. The lowest BCUT2D eigenvalue weighted by atomic mass is 10.2. The van der Waals surface area contributed by atoms with Crippen LogP contribution in [0, 0.1) is 0 Å². The minimum Gasteiger partial charge on any atom is -0.463 e. The van der Waals surface area contributed by atoms with Gasteiger partial charge in [-0.1, -0.05) is 0 Å². The third-order valence-electron chi connectivity index (χ3n) is 1.79. The summed E-state index contributed by atoms with van der Waals surface area (Å²) in [6.45, 7) is 0. The lowest BCUT2D eigenvalue weighted by Gasteiger charge is -2.00. The molecule has 1 aromatic carbocycles. The monoisotopic (exact) mass is 225 g/mol. The predicted molar refractivity (Wildman–Crippen MR) is 53.5 cm³/mol. The Morgan fingerprint density at radius 1 is 1.42 bits per heavy atom. The first-order chi connectivity index (χ1) is 5.81. The molecule has 2 rings (SSSR count). The third kappa shape index (κ3) is 1.10. The number of nitrogens with one attached hydrogen (secondary N) is 1. The van der Waals surface area contributed by atoms with Gasteiger partial charge < -0.3 is 9.73 Å². The molecule has 1 N–H and O–H groups in total. The van der Waals surface area contributed by atoms with E-state index in [9.17, 15) is 0 Å². The largest absolute Gasteiger partial charge is 0.463 e. The first kappa shape index (κ1) is 7.68. The molecule has 0 saturated carbocycles. The molecule has 0 aliphatic rings. The molecule has 0 saturated heterocycles. The second-order valence-corrected chi connectivity index (χ2v) is 3.40. The number of furan rings is 1. The van der Waals surface area contributed by atoms with E-state index in [-0.39, 0.29) is 0 Å². The van der Waals surface area contributed by atoms with E-state index in [1.165, 1.54) is 0 Å². The molecule has 3 heteroatoms. The highest BCUT2D eigenvalue weighted by Gasteiger charge is 2.02. The molecule has 62 valence electrons. The molecule has 0 unspecified atom stereocenters. The molecule has 1 aromatic heterocycles. The van der Waals surface area contributed by atoms with E-state index in [4.69, 9.17) is 4.42 Å². The van der Waals surface area contributed by atoms with Crippen LogP contribution in [0.4, 0.5) is 5.69 Å². The van der Waals surface area contributed by atoms with Crippen LogP contribution >= 0.6 is 15.9 Å². The number of rotatable bonds is 1. The van der Waals surface area contributed by atoms with Crippen LogP contribution in [0.1, 0.15) is 0 Å². The molecule has 0 bridgehead atoms. The number of benzene rings is 1. The van der Waals surface area contributed by atoms with Crippen molar-refractivity contribution in [1.82, 2.24) is 0 Å². The molecule has 0 aliphatic carbocycles. The van der Waals surface area contributed by atoms with Gasteiger partial charge in [0, 0.05) is 18.1 Å². The minimum absolute atomic E-state index is 0.897. The Bertz CT molecular complexity index is 408. The zero-order valence-corrected chi connectivity index (χ0v) is 8.18. The summed E-state index contributed by atoms with van der Waals surface area (Å²) in [6.07, 6.45) is 1.69. The number of halogens is 1. The Morgan fingerprint density at radius 2 is 2.25 bits per heavy atom. The maximum atomic E-state index is 5.27. The molecule has 12 heavy (non-hydrogen) atoms. The third-order valence-corrected chi connectivity index (χ3v) is 2.38. The van der Waals surface area contributed by atoms with Crippen LogP contribution in [0.2, 0.25) is 0 Å². The molecule has 0 amide bonds. The summed E-state index contributed by atoms with van der Waals surface area (Å²) in [5.41, 5.74) is 1.98. The van der Waals surface area contributed by atoms with E-state index in [1.807, 2.05) is 25.2 Å². The van der Waals surface area contributed by atoms with Gasteiger partial charge in [-0.05, 0) is 34.1 Å². The fraction of sp³-hybridized carbons (Fsp3) is 0.111. The zero-order valence-electron chi connectivity index (χ0n) is 6.60. The Kier molecular flexibility index (Phi) is 1.81. The molecule has 1 heterocycles. The van der Waals surface area contributed by atoms with Gasteiger partial charge in [-0.2, -0.15) is 0 Å². The second-order valence-electron chi connectivity index (χ2n) is 2.55. The average molecular weight is 226 g/mol. The van der Waals surface area contributed by atoms with Crippen LogP contribution < -0.4 is 5.32 Å². The highest BCUT2D eigenvalue weighted by Crippen LogP contribution is 2.28. The van der Waals surface area contributed by atoms with Crippen LogP contribution in [0.25, 0.3) is 11.0 Å². The molecule has 0 fully saturated rings. The lowest BCUT2D eigenvalue weighted by Crippen LogP contribution is -1.86. The summed E-state index contributed by atoms with van der Waals surface area (Å²) in [7, 11) is 1.90. The topological polar surface area (TPSA) is 25.2 Å². The van der Waals surface area contributed by atoms with Gasteiger partial charge in [0.2, 0.25) is 0 Å². The Hall–Kier alpha value is -0.960. The fourth-order valence-electron chi connectivity index (χ4n) is 1.18. The Balaban J connectivity index is 2.75. The first-order valence-electron chi connectivity index (χ1n) is 3.66. The number of anilines is 1. The van der Waals surface area contributed by atoms with E-state index in [2.05, 4.69) is 21.2 Å². The summed E-state index contributed by atoms with van der Waals surface area (Å²) < 4.78 is 6.25. The van der Waals surface area contributed by atoms with Crippen molar-refractivity contribution in [2.24, 2.45) is 0 Å². The number of hydrogen-bond donors (Lipinski definition) is 1.